The van der Waals surface area contributed by atoms with E-state index in [1.165, 1.54) is 17.8 Å². The van der Waals surface area contributed by atoms with Gasteiger partial charge in [-0.15, -0.1) is 11.8 Å². The fraction of sp³-hybridized carbons (Fsp3) is 0.417. The summed E-state index contributed by atoms with van der Waals surface area (Å²) in [5.74, 6) is 1.06. The number of aliphatic hydroxyl groups is 1. The first-order valence-electron chi connectivity index (χ1n) is 11.7. The second-order valence-electron chi connectivity index (χ2n) is 9.42. The molecule has 3 aromatic rings. The van der Waals surface area contributed by atoms with E-state index in [1.54, 1.807) is 16.8 Å². The van der Waals surface area contributed by atoms with Crippen molar-refractivity contribution in [2.75, 3.05) is 30.7 Å². The molecule has 182 valence electrons. The number of rotatable bonds is 5. The molecule has 9 nitrogen and oxygen atoms in total. The van der Waals surface area contributed by atoms with Crippen molar-refractivity contribution in [2.45, 2.75) is 42.5 Å². The Morgan fingerprint density at radius 1 is 1.23 bits per heavy atom. The Morgan fingerprint density at radius 3 is 2.89 bits per heavy atom. The molecule has 3 N–H and O–H groups in total. The summed E-state index contributed by atoms with van der Waals surface area (Å²) in [6.07, 6.45) is 3.42. The number of aromatic nitrogens is 3. The molecule has 3 aromatic heterocycles. The molecule has 6 rings (SSSR count). The quantitative estimate of drug-likeness (QED) is 0.475. The lowest BCUT2D eigenvalue weighted by Gasteiger charge is -2.37. The van der Waals surface area contributed by atoms with E-state index in [4.69, 9.17) is 11.6 Å². The van der Waals surface area contributed by atoms with Gasteiger partial charge >= 0.3 is 0 Å². The summed E-state index contributed by atoms with van der Waals surface area (Å²) in [6.45, 7) is 2.86. The SMILES string of the molecule is O=C1CSc2ccc(CNC3CCN(C[C@@]4(O)Cn5c(=O)ccc6ncc(Cl)c4c65)CC3)nc2N1. The van der Waals surface area contributed by atoms with Crippen molar-refractivity contribution >= 4 is 46.1 Å². The molecule has 6 heterocycles. The molecule has 1 fully saturated rings. The lowest BCUT2D eigenvalue weighted by atomic mass is 9.94. The molecule has 35 heavy (non-hydrogen) atoms. The van der Waals surface area contributed by atoms with Crippen LogP contribution in [0.5, 0.6) is 0 Å². The van der Waals surface area contributed by atoms with Gasteiger partial charge in [0.05, 0.1) is 38.9 Å². The van der Waals surface area contributed by atoms with Gasteiger partial charge in [-0.3, -0.25) is 19.5 Å². The minimum absolute atomic E-state index is 0.0156. The molecular formula is C24H25ClN6O3S. The third-order valence-electron chi connectivity index (χ3n) is 7.02. The number of hydrogen-bond acceptors (Lipinski definition) is 8. The van der Waals surface area contributed by atoms with E-state index in [-0.39, 0.29) is 18.0 Å². The number of carbonyl (C=O) groups excluding carboxylic acids is 1. The van der Waals surface area contributed by atoms with E-state index in [0.29, 0.717) is 52.3 Å². The highest BCUT2D eigenvalue weighted by Crippen LogP contribution is 2.40. The first-order valence-corrected chi connectivity index (χ1v) is 13.1. The average molecular weight is 513 g/mol. The summed E-state index contributed by atoms with van der Waals surface area (Å²) in [5, 5.41) is 18.5. The number of piperidine rings is 1. The first kappa shape index (κ1) is 22.9. The van der Waals surface area contributed by atoms with Crippen LogP contribution in [0.3, 0.4) is 0 Å². The van der Waals surface area contributed by atoms with Crippen LogP contribution in [0.1, 0.15) is 24.1 Å². The lowest BCUT2D eigenvalue weighted by molar-refractivity contribution is -0.113. The van der Waals surface area contributed by atoms with Crippen LogP contribution >= 0.6 is 23.4 Å². The van der Waals surface area contributed by atoms with Crippen molar-refractivity contribution < 1.29 is 9.90 Å². The van der Waals surface area contributed by atoms with Crippen LogP contribution in [0, 0.1) is 0 Å². The van der Waals surface area contributed by atoms with Gasteiger partial charge in [0.25, 0.3) is 5.56 Å². The van der Waals surface area contributed by atoms with Crippen molar-refractivity contribution in [3.63, 3.8) is 0 Å². The van der Waals surface area contributed by atoms with Crippen LogP contribution in [-0.4, -0.2) is 61.9 Å². The molecule has 0 spiro atoms. The number of carbonyl (C=O) groups is 1. The van der Waals surface area contributed by atoms with Gasteiger partial charge in [-0.1, -0.05) is 11.6 Å². The Hall–Kier alpha value is -2.50. The van der Waals surface area contributed by atoms with Crippen molar-refractivity contribution in [1.82, 2.24) is 24.8 Å². The zero-order chi connectivity index (χ0) is 24.2. The van der Waals surface area contributed by atoms with Gasteiger partial charge in [-0.2, -0.15) is 0 Å². The Bertz CT molecular complexity index is 1390. The fourth-order valence-corrected chi connectivity index (χ4v) is 6.40. The summed E-state index contributed by atoms with van der Waals surface area (Å²) >= 11 is 7.98. The Labute approximate surface area is 210 Å². The predicted octanol–water partition coefficient (Wildman–Crippen LogP) is 1.94. The molecule has 0 radical (unpaired) electrons. The van der Waals surface area contributed by atoms with Gasteiger partial charge in [0.15, 0.2) is 0 Å². The van der Waals surface area contributed by atoms with E-state index in [9.17, 15) is 14.7 Å². The third-order valence-corrected chi connectivity index (χ3v) is 8.35. The van der Waals surface area contributed by atoms with E-state index >= 15 is 0 Å². The highest BCUT2D eigenvalue weighted by atomic mass is 35.5. The summed E-state index contributed by atoms with van der Waals surface area (Å²) in [4.78, 5) is 36.2. The molecule has 0 aliphatic carbocycles. The lowest BCUT2D eigenvalue weighted by Crippen LogP contribution is -2.48. The second kappa shape index (κ2) is 8.86. The maximum atomic E-state index is 12.4. The van der Waals surface area contributed by atoms with Gasteiger partial charge in [-0.05, 0) is 44.1 Å². The van der Waals surface area contributed by atoms with Crippen LogP contribution in [0.2, 0.25) is 5.02 Å². The topological polar surface area (TPSA) is 112 Å². The number of pyridine rings is 3. The van der Waals surface area contributed by atoms with E-state index in [2.05, 4.69) is 25.5 Å². The maximum absolute atomic E-state index is 12.4. The molecule has 0 bridgehead atoms. The van der Waals surface area contributed by atoms with Crippen LogP contribution in [0.25, 0.3) is 11.0 Å². The number of amides is 1. The van der Waals surface area contributed by atoms with Crippen molar-refractivity contribution in [3.8, 4) is 0 Å². The number of anilines is 1. The van der Waals surface area contributed by atoms with Gasteiger partial charge in [0.2, 0.25) is 5.91 Å². The highest BCUT2D eigenvalue weighted by Gasteiger charge is 2.42. The monoisotopic (exact) mass is 512 g/mol. The minimum Gasteiger partial charge on any atom is -0.382 e. The van der Waals surface area contributed by atoms with Crippen LogP contribution in [0.4, 0.5) is 5.82 Å². The van der Waals surface area contributed by atoms with Crippen LogP contribution in [0.15, 0.2) is 40.2 Å². The van der Waals surface area contributed by atoms with Gasteiger partial charge in [-0.25, -0.2) is 4.98 Å². The minimum atomic E-state index is -1.23. The predicted molar refractivity (Wildman–Crippen MR) is 135 cm³/mol. The highest BCUT2D eigenvalue weighted by molar-refractivity contribution is 8.00. The van der Waals surface area contributed by atoms with Crippen LogP contribution < -0.4 is 16.2 Å². The molecule has 3 aliphatic heterocycles. The molecule has 1 atom stereocenters. The van der Waals surface area contributed by atoms with Gasteiger partial charge in [0, 0.05) is 37.0 Å². The first-order chi connectivity index (χ1) is 16.9. The fourth-order valence-electron chi connectivity index (χ4n) is 5.32. The smallest absolute Gasteiger partial charge is 0.251 e. The number of nitrogens with zero attached hydrogens (tertiary/aromatic N) is 4. The molecule has 3 aliphatic rings. The van der Waals surface area contributed by atoms with Gasteiger partial charge < -0.3 is 20.3 Å². The molecule has 0 aromatic carbocycles. The summed E-state index contributed by atoms with van der Waals surface area (Å²) < 4.78 is 1.59. The normalized spacial score (nSPS) is 22.4. The van der Waals surface area contributed by atoms with Crippen molar-refractivity contribution in [2.24, 2.45) is 0 Å². The maximum Gasteiger partial charge on any atom is 0.251 e. The van der Waals surface area contributed by atoms with E-state index < -0.39 is 5.60 Å². The number of halogens is 1. The number of hydrogen-bond donors (Lipinski definition) is 3. The zero-order valence-corrected chi connectivity index (χ0v) is 20.5. The molecule has 0 unspecified atom stereocenters. The number of fused-ring (bicyclic) bond motifs is 1. The summed E-state index contributed by atoms with van der Waals surface area (Å²) in [7, 11) is 0. The second-order valence-corrected chi connectivity index (χ2v) is 10.8. The summed E-state index contributed by atoms with van der Waals surface area (Å²) in [6, 6.07) is 7.52. The van der Waals surface area contributed by atoms with E-state index in [0.717, 1.165) is 36.5 Å². The number of β-amino-alcohol motifs (C(OH)–C–C–N with tert-alkyl or cyclic N) is 1. The molecule has 0 saturated carbocycles. The van der Waals surface area contributed by atoms with Crippen molar-refractivity contribution in [1.29, 1.82) is 0 Å². The molecular weight excluding hydrogens is 488 g/mol. The number of likely N-dealkylation sites (tertiary alicyclic amines) is 1. The average Bonchev–Trinajstić information content (AvgIpc) is 3.17. The molecule has 1 amide bonds. The van der Waals surface area contributed by atoms with Crippen molar-refractivity contribution in [3.05, 3.63) is 57.1 Å². The summed E-state index contributed by atoms with van der Waals surface area (Å²) in [5.41, 5.74) is 1.41. The third kappa shape index (κ3) is 4.23. The number of thioether (sulfide) groups is 1. The standard InChI is InChI=1S/C24H25ClN6O3S/c25-16-10-27-17-2-4-20(33)31-13-24(34,21(16)22(17)31)12-30-7-5-14(6-8-30)26-9-15-1-3-18-23(28-15)29-19(32)11-35-18/h1-4,10,14,26,34H,5-9,11-13H2,(H,28,29,32)/t24-/m1/s1. The Balaban J connectivity index is 1.09. The Morgan fingerprint density at radius 2 is 2.06 bits per heavy atom. The van der Waals surface area contributed by atoms with Gasteiger partial charge in [0.1, 0.15) is 11.4 Å². The Kier molecular flexibility index (Phi) is 5.81. The van der Waals surface area contributed by atoms with E-state index in [1.807, 2.05) is 12.1 Å². The largest absolute Gasteiger partial charge is 0.382 e. The molecule has 1 saturated heterocycles. The van der Waals surface area contributed by atoms with Crippen LogP contribution in [-0.2, 0) is 23.5 Å². The molecule has 11 heteroatoms. The zero-order valence-electron chi connectivity index (χ0n) is 19.0. The number of nitrogens with one attached hydrogen (secondary N) is 2.